The summed E-state index contributed by atoms with van der Waals surface area (Å²) in [6.45, 7) is 3.54. The van der Waals surface area contributed by atoms with Crippen molar-refractivity contribution < 1.29 is 0 Å². The maximum atomic E-state index is 12.5. The minimum absolute atomic E-state index is 0.155. The highest BCUT2D eigenvalue weighted by Crippen LogP contribution is 2.12. The fourth-order valence-corrected chi connectivity index (χ4v) is 2.68. The van der Waals surface area contributed by atoms with Crippen molar-refractivity contribution in [2.75, 3.05) is 0 Å². The molecule has 0 aromatic carbocycles. The van der Waals surface area contributed by atoms with Gasteiger partial charge in [0.15, 0.2) is 0 Å². The highest BCUT2D eigenvalue weighted by molar-refractivity contribution is 5.18. The van der Waals surface area contributed by atoms with Gasteiger partial charge in [0, 0.05) is 43.2 Å². The van der Waals surface area contributed by atoms with Gasteiger partial charge in [0.2, 0.25) is 0 Å². The van der Waals surface area contributed by atoms with E-state index in [0.717, 1.165) is 49.4 Å². The van der Waals surface area contributed by atoms with Crippen LogP contribution in [0.2, 0.25) is 0 Å². The van der Waals surface area contributed by atoms with Crippen LogP contribution in [0.25, 0.3) is 0 Å². The van der Waals surface area contributed by atoms with E-state index in [-0.39, 0.29) is 5.56 Å². The maximum Gasteiger partial charge on any atom is 0.256 e. The molecule has 0 saturated heterocycles. The minimum atomic E-state index is 0.155. The summed E-state index contributed by atoms with van der Waals surface area (Å²) in [6, 6.07) is 0. The highest BCUT2D eigenvalue weighted by Gasteiger charge is 2.16. The van der Waals surface area contributed by atoms with Gasteiger partial charge in [-0.2, -0.15) is 0 Å². The van der Waals surface area contributed by atoms with E-state index in [1.165, 1.54) is 0 Å². The first-order valence-corrected chi connectivity index (χ1v) is 6.80. The van der Waals surface area contributed by atoms with Gasteiger partial charge in [-0.15, -0.1) is 0 Å². The molecule has 5 heteroatoms. The summed E-state index contributed by atoms with van der Waals surface area (Å²) in [5.74, 6) is 0.958. The molecule has 0 spiro atoms. The predicted molar refractivity (Wildman–Crippen MR) is 72.1 cm³/mol. The number of aryl methyl sites for hydroxylation is 3. The van der Waals surface area contributed by atoms with Gasteiger partial charge in [-0.1, -0.05) is 0 Å². The third-order valence-electron chi connectivity index (χ3n) is 3.76. The van der Waals surface area contributed by atoms with E-state index in [1.54, 1.807) is 12.5 Å². The van der Waals surface area contributed by atoms with Gasteiger partial charge >= 0.3 is 0 Å². The molecule has 0 atom stereocenters. The fraction of sp³-hybridized carbons (Fsp3) is 0.500. The van der Waals surface area contributed by atoms with Gasteiger partial charge < -0.3 is 4.57 Å². The molecule has 5 nitrogen and oxygen atoms in total. The van der Waals surface area contributed by atoms with Crippen LogP contribution in [-0.4, -0.2) is 19.1 Å². The molecule has 2 aromatic rings. The molecule has 0 unspecified atom stereocenters. The van der Waals surface area contributed by atoms with Crippen molar-refractivity contribution in [3.63, 3.8) is 0 Å². The quantitative estimate of drug-likeness (QED) is 0.834. The Bertz CT molecular complexity index is 628. The van der Waals surface area contributed by atoms with Gasteiger partial charge in [0.25, 0.3) is 5.56 Å². The molecule has 0 N–H and O–H groups in total. The van der Waals surface area contributed by atoms with Crippen molar-refractivity contribution in [2.45, 2.75) is 45.7 Å². The first-order valence-electron chi connectivity index (χ1n) is 6.80. The molecule has 0 saturated carbocycles. The molecule has 1 aliphatic rings. The SMILES string of the molecule is Cc1nc2n(c(=O)c1CCn1ccnc1)CCCC2. The number of rotatable bonds is 3. The molecule has 0 aliphatic carbocycles. The standard InChI is InChI=1S/C14H18N4O/c1-11-12(5-8-17-9-6-15-10-17)14(19)18-7-3-2-4-13(18)16-11/h6,9-10H,2-5,7-8H2,1H3. The van der Waals surface area contributed by atoms with Gasteiger partial charge in [-0.25, -0.2) is 9.97 Å². The molecule has 19 heavy (non-hydrogen) atoms. The van der Waals surface area contributed by atoms with Crippen molar-refractivity contribution in [2.24, 2.45) is 0 Å². The second kappa shape index (κ2) is 4.99. The molecular weight excluding hydrogens is 240 g/mol. The Kier molecular flexibility index (Phi) is 3.19. The summed E-state index contributed by atoms with van der Waals surface area (Å²) in [7, 11) is 0. The monoisotopic (exact) mass is 258 g/mol. The Morgan fingerprint density at radius 2 is 2.26 bits per heavy atom. The lowest BCUT2D eigenvalue weighted by atomic mass is 10.1. The highest BCUT2D eigenvalue weighted by atomic mass is 16.1. The van der Waals surface area contributed by atoms with Crippen LogP contribution in [0.3, 0.4) is 0 Å². The fourth-order valence-electron chi connectivity index (χ4n) is 2.68. The lowest BCUT2D eigenvalue weighted by Gasteiger charge is -2.19. The van der Waals surface area contributed by atoms with Crippen LogP contribution in [0.1, 0.15) is 29.9 Å². The van der Waals surface area contributed by atoms with E-state index in [2.05, 4.69) is 9.97 Å². The van der Waals surface area contributed by atoms with Gasteiger partial charge in [0.05, 0.1) is 6.33 Å². The van der Waals surface area contributed by atoms with E-state index in [0.29, 0.717) is 6.42 Å². The molecule has 2 aromatic heterocycles. The molecule has 100 valence electrons. The van der Waals surface area contributed by atoms with E-state index < -0.39 is 0 Å². The smallest absolute Gasteiger partial charge is 0.256 e. The minimum Gasteiger partial charge on any atom is -0.337 e. The summed E-state index contributed by atoms with van der Waals surface area (Å²) >= 11 is 0. The molecule has 0 fully saturated rings. The van der Waals surface area contributed by atoms with Crippen LogP contribution in [0, 0.1) is 6.92 Å². The summed E-state index contributed by atoms with van der Waals surface area (Å²) in [4.78, 5) is 21.1. The molecular formula is C14H18N4O. The van der Waals surface area contributed by atoms with Crippen molar-refractivity contribution in [3.8, 4) is 0 Å². The van der Waals surface area contributed by atoms with Crippen molar-refractivity contribution in [3.05, 3.63) is 46.2 Å². The number of imidazole rings is 1. The van der Waals surface area contributed by atoms with Gasteiger partial charge in [-0.05, 0) is 26.2 Å². The van der Waals surface area contributed by atoms with Crippen LogP contribution < -0.4 is 5.56 Å². The van der Waals surface area contributed by atoms with Crippen LogP contribution >= 0.6 is 0 Å². The Morgan fingerprint density at radius 1 is 1.37 bits per heavy atom. The first kappa shape index (κ1) is 12.1. The number of nitrogens with zero attached hydrogens (tertiary/aromatic N) is 4. The van der Waals surface area contributed by atoms with Crippen molar-refractivity contribution >= 4 is 0 Å². The van der Waals surface area contributed by atoms with E-state index in [4.69, 9.17) is 0 Å². The predicted octanol–water partition coefficient (Wildman–Crippen LogP) is 1.33. The molecule has 1 aliphatic heterocycles. The summed E-state index contributed by atoms with van der Waals surface area (Å²) in [5.41, 5.74) is 1.89. The van der Waals surface area contributed by atoms with E-state index in [1.807, 2.05) is 22.3 Å². The molecule has 3 heterocycles. The normalized spacial score (nSPS) is 14.4. The average molecular weight is 258 g/mol. The van der Waals surface area contributed by atoms with Crippen LogP contribution in [0.15, 0.2) is 23.5 Å². The maximum absolute atomic E-state index is 12.5. The van der Waals surface area contributed by atoms with Crippen LogP contribution in [0.5, 0.6) is 0 Å². The summed E-state index contributed by atoms with van der Waals surface area (Å²) in [6.07, 6.45) is 9.31. The largest absolute Gasteiger partial charge is 0.337 e. The van der Waals surface area contributed by atoms with Crippen LogP contribution in [0.4, 0.5) is 0 Å². The number of hydrogen-bond donors (Lipinski definition) is 0. The summed E-state index contributed by atoms with van der Waals surface area (Å²) < 4.78 is 3.85. The van der Waals surface area contributed by atoms with Crippen molar-refractivity contribution in [1.29, 1.82) is 0 Å². The van der Waals surface area contributed by atoms with Gasteiger partial charge in [-0.3, -0.25) is 9.36 Å². The van der Waals surface area contributed by atoms with Crippen LogP contribution in [-0.2, 0) is 25.9 Å². The Labute approximate surface area is 111 Å². The Balaban J connectivity index is 1.90. The lowest BCUT2D eigenvalue weighted by Crippen LogP contribution is -2.32. The zero-order chi connectivity index (χ0) is 13.2. The van der Waals surface area contributed by atoms with Gasteiger partial charge in [0.1, 0.15) is 5.82 Å². The topological polar surface area (TPSA) is 52.7 Å². The zero-order valence-corrected chi connectivity index (χ0v) is 11.2. The molecule has 0 radical (unpaired) electrons. The van der Waals surface area contributed by atoms with Crippen molar-refractivity contribution in [1.82, 2.24) is 19.1 Å². The molecule has 0 bridgehead atoms. The number of aromatic nitrogens is 4. The van der Waals surface area contributed by atoms with E-state index >= 15 is 0 Å². The number of hydrogen-bond acceptors (Lipinski definition) is 3. The Morgan fingerprint density at radius 3 is 3.05 bits per heavy atom. The summed E-state index contributed by atoms with van der Waals surface area (Å²) in [5, 5.41) is 0. The third kappa shape index (κ3) is 2.32. The number of fused-ring (bicyclic) bond motifs is 1. The zero-order valence-electron chi connectivity index (χ0n) is 11.2. The van der Waals surface area contributed by atoms with E-state index in [9.17, 15) is 4.79 Å². The second-order valence-corrected chi connectivity index (χ2v) is 5.06. The first-order chi connectivity index (χ1) is 9.25. The molecule has 3 rings (SSSR count). The lowest BCUT2D eigenvalue weighted by molar-refractivity contribution is 0.487. The average Bonchev–Trinajstić information content (AvgIpc) is 2.92. The molecule has 0 amide bonds. The third-order valence-corrected chi connectivity index (χ3v) is 3.76. The second-order valence-electron chi connectivity index (χ2n) is 5.06. The Hall–Kier alpha value is -1.91.